The Morgan fingerprint density at radius 3 is 1.60 bits per heavy atom. The van der Waals surface area contributed by atoms with Gasteiger partial charge >= 0.3 is 17.9 Å². The number of esters is 2. The lowest BCUT2D eigenvalue weighted by molar-refractivity contribution is -0.322. The topological polar surface area (TPSA) is 189 Å². The molecular weight excluding hydrogens is 624 g/mol. The first-order valence-corrected chi connectivity index (χ1v) is 15.9. The van der Waals surface area contributed by atoms with E-state index in [0.717, 1.165) is 0 Å². The van der Waals surface area contributed by atoms with Crippen LogP contribution in [0.25, 0.3) is 0 Å². The molecule has 0 unspecified atom stereocenters. The molecule has 1 fully saturated rings. The highest BCUT2D eigenvalue weighted by Crippen LogP contribution is 2.32. The molecule has 1 saturated heterocycles. The van der Waals surface area contributed by atoms with Gasteiger partial charge in [0.2, 0.25) is 0 Å². The molecule has 0 aliphatic carbocycles. The van der Waals surface area contributed by atoms with Gasteiger partial charge in [-0.05, 0) is 80.1 Å². The first kappa shape index (κ1) is 42.6. The monoisotopic (exact) mass is 678 g/mol. The quantitative estimate of drug-likeness (QED) is 0.0709. The van der Waals surface area contributed by atoms with Crippen molar-refractivity contribution in [3.8, 4) is 0 Å². The predicted molar refractivity (Wildman–Crippen MR) is 179 cm³/mol. The largest absolute Gasteiger partial charge is 0.478 e. The average molecular weight is 679 g/mol. The molecule has 0 amide bonds. The van der Waals surface area contributed by atoms with Gasteiger partial charge in [0.15, 0.2) is 18.5 Å². The number of carboxylic acid groups (broad SMARTS) is 1. The van der Waals surface area contributed by atoms with Crippen molar-refractivity contribution in [1.29, 1.82) is 0 Å². The zero-order valence-electron chi connectivity index (χ0n) is 29.0. The van der Waals surface area contributed by atoms with E-state index in [4.69, 9.17) is 24.1 Å². The summed E-state index contributed by atoms with van der Waals surface area (Å²) in [6, 6.07) is 0. The Morgan fingerprint density at radius 2 is 1.19 bits per heavy atom. The molecule has 1 heterocycles. The van der Waals surface area contributed by atoms with Gasteiger partial charge in [-0.2, -0.15) is 0 Å². The lowest BCUT2D eigenvalue weighted by Crippen LogP contribution is -2.62. The molecule has 0 bridgehead atoms. The van der Waals surface area contributed by atoms with Crippen molar-refractivity contribution in [2.24, 2.45) is 0 Å². The number of hydrogen-bond acceptors (Lipinski definition) is 11. The Labute approximate surface area is 283 Å². The second-order valence-electron chi connectivity index (χ2n) is 12.8. The summed E-state index contributed by atoms with van der Waals surface area (Å²) in [7, 11) is 0. The fraction of sp³-hybridized carbons (Fsp3) is 0.583. The smallest absolute Gasteiger partial charge is 0.333 e. The number of aliphatic hydroxyl groups excluding tert-OH is 2. The number of carbonyl (C=O) groups excluding carboxylic acids is 2. The number of carbonyl (C=O) groups is 3. The molecule has 0 aromatic heterocycles. The summed E-state index contributed by atoms with van der Waals surface area (Å²) in [6.45, 7) is 19.5. The number of allylic oxidation sites excluding steroid dienone is 3. The highest BCUT2D eigenvalue weighted by atomic mass is 16.7. The molecule has 0 radical (unpaired) electrons. The molecule has 48 heavy (non-hydrogen) atoms. The van der Waals surface area contributed by atoms with Crippen LogP contribution in [0.15, 0.2) is 72.9 Å². The SMILES string of the molecule is C=C[C@](C)(O)CC/C=C(\C)C(=O)O[C@@H]1[C@@H](O)[C@H](O[C@@](C)(C=C)CC/C=C(\C)C(=O)O)O[C@H](CO)[C@H]1OC(=O)/C(C)=C/CC[C@@](C)(O)C=C. The van der Waals surface area contributed by atoms with Gasteiger partial charge in [-0.1, -0.05) is 36.5 Å². The van der Waals surface area contributed by atoms with E-state index in [9.17, 15) is 34.8 Å². The minimum atomic E-state index is -1.72. The van der Waals surface area contributed by atoms with E-state index in [2.05, 4.69) is 19.7 Å². The standard InChI is InChI=1S/C36H54O12/c1-10-34(7,43)19-13-17-24(5)31(41)46-28-26(22-37)45-33(48-36(9,12-3)21-15-16-23(4)30(39)40)27(38)29(28)47-32(42)25(6)18-14-20-35(8,44)11-2/h10-12,16-18,26-29,33,37-38,43-44H,1-3,13-15,19-22H2,4-9H3,(H,39,40)/b23-16+,24-17+,25-18+/t26-,27-,28-,29-,33+,34+,35+,36+/m1/s1. The molecule has 0 aromatic carbocycles. The molecule has 12 nitrogen and oxygen atoms in total. The van der Waals surface area contributed by atoms with Crippen LogP contribution in [0.2, 0.25) is 0 Å². The second-order valence-corrected chi connectivity index (χ2v) is 12.8. The number of ether oxygens (including phenoxy) is 4. The minimum absolute atomic E-state index is 0.138. The van der Waals surface area contributed by atoms with Crippen LogP contribution in [-0.2, 0) is 33.3 Å². The summed E-state index contributed by atoms with van der Waals surface area (Å²) >= 11 is 0. The summed E-state index contributed by atoms with van der Waals surface area (Å²) in [5.41, 5.74) is -3.00. The van der Waals surface area contributed by atoms with Gasteiger partial charge < -0.3 is 44.5 Å². The first-order chi connectivity index (χ1) is 22.2. The van der Waals surface area contributed by atoms with Crippen LogP contribution >= 0.6 is 0 Å². The number of carboxylic acids is 1. The number of hydrogen-bond donors (Lipinski definition) is 5. The lowest BCUT2D eigenvalue weighted by Gasteiger charge is -2.45. The van der Waals surface area contributed by atoms with Crippen LogP contribution in [0, 0.1) is 0 Å². The third-order valence-electron chi connectivity index (χ3n) is 8.25. The van der Waals surface area contributed by atoms with Crippen molar-refractivity contribution in [2.75, 3.05) is 6.61 Å². The summed E-state index contributed by atoms with van der Waals surface area (Å²) in [5.74, 6) is -2.75. The third-order valence-corrected chi connectivity index (χ3v) is 8.25. The van der Waals surface area contributed by atoms with Crippen LogP contribution in [0.5, 0.6) is 0 Å². The van der Waals surface area contributed by atoms with Crippen LogP contribution in [0.3, 0.4) is 0 Å². The van der Waals surface area contributed by atoms with Crippen molar-refractivity contribution < 1.29 is 58.9 Å². The highest BCUT2D eigenvalue weighted by molar-refractivity contribution is 5.89. The van der Waals surface area contributed by atoms with Crippen LogP contribution in [0.4, 0.5) is 0 Å². The molecule has 5 N–H and O–H groups in total. The summed E-state index contributed by atoms with van der Waals surface area (Å²) in [6.07, 6.45) is 3.01. The fourth-order valence-electron chi connectivity index (χ4n) is 4.52. The lowest BCUT2D eigenvalue weighted by atomic mass is 9.96. The third kappa shape index (κ3) is 13.6. The predicted octanol–water partition coefficient (Wildman–Crippen LogP) is 3.99. The second kappa shape index (κ2) is 19.0. The highest BCUT2D eigenvalue weighted by Gasteiger charge is 2.51. The van der Waals surface area contributed by atoms with E-state index in [1.165, 1.54) is 45.1 Å². The van der Waals surface area contributed by atoms with Crippen molar-refractivity contribution in [3.63, 3.8) is 0 Å². The van der Waals surface area contributed by atoms with Gasteiger partial charge in [0, 0.05) is 16.7 Å². The fourth-order valence-corrected chi connectivity index (χ4v) is 4.52. The average Bonchev–Trinajstić information content (AvgIpc) is 3.03. The number of aliphatic carboxylic acids is 1. The van der Waals surface area contributed by atoms with Gasteiger partial charge in [0.25, 0.3) is 0 Å². The summed E-state index contributed by atoms with van der Waals surface area (Å²) in [5, 5.41) is 51.3. The molecule has 1 aliphatic heterocycles. The molecule has 0 spiro atoms. The zero-order chi connectivity index (χ0) is 36.9. The van der Waals surface area contributed by atoms with Gasteiger partial charge in [-0.3, -0.25) is 0 Å². The molecule has 12 heteroatoms. The molecule has 270 valence electrons. The Hall–Kier alpha value is -3.39. The van der Waals surface area contributed by atoms with Crippen molar-refractivity contribution >= 4 is 17.9 Å². The Morgan fingerprint density at radius 1 is 0.750 bits per heavy atom. The summed E-state index contributed by atoms with van der Waals surface area (Å²) < 4.78 is 23.3. The maximum Gasteiger partial charge on any atom is 0.333 e. The van der Waals surface area contributed by atoms with Gasteiger partial charge in [0.05, 0.1) is 23.4 Å². The van der Waals surface area contributed by atoms with E-state index in [1.807, 2.05) is 0 Å². The molecular formula is C36H54O12. The van der Waals surface area contributed by atoms with Gasteiger partial charge in [-0.25, -0.2) is 14.4 Å². The molecule has 8 atom stereocenters. The van der Waals surface area contributed by atoms with Crippen LogP contribution in [0.1, 0.15) is 80.1 Å². The van der Waals surface area contributed by atoms with E-state index in [1.54, 1.807) is 32.9 Å². The zero-order valence-corrected chi connectivity index (χ0v) is 29.0. The van der Waals surface area contributed by atoms with Crippen molar-refractivity contribution in [2.45, 2.75) is 128 Å². The first-order valence-electron chi connectivity index (χ1n) is 15.9. The van der Waals surface area contributed by atoms with Gasteiger partial charge in [-0.15, -0.1) is 19.7 Å². The minimum Gasteiger partial charge on any atom is -0.478 e. The normalized spacial score (nSPS) is 25.9. The number of rotatable bonds is 20. The Kier molecular flexibility index (Phi) is 16.8. The van der Waals surface area contributed by atoms with Crippen molar-refractivity contribution in [3.05, 3.63) is 72.9 Å². The molecule has 1 rings (SSSR count). The Balaban J connectivity index is 3.37. The van der Waals surface area contributed by atoms with Gasteiger partial charge in [0.1, 0.15) is 12.2 Å². The molecule has 0 saturated carbocycles. The van der Waals surface area contributed by atoms with E-state index < -0.39 is 72.0 Å². The van der Waals surface area contributed by atoms with E-state index >= 15 is 0 Å². The maximum absolute atomic E-state index is 13.2. The van der Waals surface area contributed by atoms with Crippen molar-refractivity contribution in [1.82, 2.24) is 0 Å². The van der Waals surface area contributed by atoms with Crippen LogP contribution in [-0.4, -0.2) is 97.6 Å². The molecule has 0 aromatic rings. The van der Waals surface area contributed by atoms with E-state index in [0.29, 0.717) is 12.8 Å². The van der Waals surface area contributed by atoms with Crippen LogP contribution < -0.4 is 0 Å². The maximum atomic E-state index is 13.2. The van der Waals surface area contributed by atoms with E-state index in [-0.39, 0.29) is 42.4 Å². The Bertz CT molecular complexity index is 1240. The summed E-state index contributed by atoms with van der Waals surface area (Å²) in [4.78, 5) is 37.6. The molecule has 1 aliphatic rings. The number of aliphatic hydroxyl groups is 4.